The number of rotatable bonds is 3. The quantitative estimate of drug-likeness (QED) is 0.928. The highest BCUT2D eigenvalue weighted by Crippen LogP contribution is 2.31. The lowest BCUT2D eigenvalue weighted by Crippen LogP contribution is -2.03. The number of aliphatic hydroxyl groups excluding tert-OH is 1. The first-order chi connectivity index (χ1) is 8.49. The van der Waals surface area contributed by atoms with Crippen LogP contribution in [0.3, 0.4) is 0 Å². The summed E-state index contributed by atoms with van der Waals surface area (Å²) in [5.41, 5.74) is 2.10. The van der Waals surface area contributed by atoms with Gasteiger partial charge in [0.2, 0.25) is 0 Å². The number of aryl methyl sites for hydroxylation is 1. The molecule has 0 fully saturated rings. The summed E-state index contributed by atoms with van der Waals surface area (Å²) < 4.78 is 17.2. The zero-order valence-corrected chi connectivity index (χ0v) is 11.3. The molecule has 0 aliphatic heterocycles. The van der Waals surface area contributed by atoms with Crippen LogP contribution >= 0.6 is 11.5 Å². The van der Waals surface area contributed by atoms with Crippen molar-refractivity contribution in [1.29, 1.82) is 0 Å². The molecule has 0 bridgehead atoms. The van der Waals surface area contributed by atoms with E-state index < -0.39 is 6.10 Å². The van der Waals surface area contributed by atoms with Crippen LogP contribution in [0.2, 0.25) is 0 Å². The van der Waals surface area contributed by atoms with Gasteiger partial charge in [0.15, 0.2) is 0 Å². The molecule has 0 spiro atoms. The molecule has 0 radical (unpaired) electrons. The molecule has 18 heavy (non-hydrogen) atoms. The fraction of sp³-hybridized carbons (Fsp3) is 0.385. The molecule has 1 N–H and O–H groups in total. The molecule has 0 aliphatic carbocycles. The zero-order chi connectivity index (χ0) is 13.3. The molecule has 0 amide bonds. The van der Waals surface area contributed by atoms with Gasteiger partial charge in [-0.2, -0.15) is 0 Å². The standard InChI is InChI=1S/C13H15FN2OS/c1-7(2)11-13(18-16-15-11)12(17)9-4-8(3)5-10(14)6-9/h4-7,12,17H,1-3H3. The molecule has 2 aromatic rings. The van der Waals surface area contributed by atoms with Crippen LogP contribution in [-0.2, 0) is 0 Å². The number of benzene rings is 1. The first-order valence-electron chi connectivity index (χ1n) is 5.76. The second-order valence-electron chi connectivity index (χ2n) is 4.64. The van der Waals surface area contributed by atoms with Crippen molar-refractivity contribution in [2.75, 3.05) is 0 Å². The topological polar surface area (TPSA) is 46.0 Å². The molecule has 0 saturated carbocycles. The Kier molecular flexibility index (Phi) is 3.73. The predicted molar refractivity (Wildman–Crippen MR) is 69.2 cm³/mol. The van der Waals surface area contributed by atoms with Crippen molar-refractivity contribution in [3.05, 3.63) is 45.7 Å². The Labute approximate surface area is 109 Å². The summed E-state index contributed by atoms with van der Waals surface area (Å²) in [4.78, 5) is 0.690. The first kappa shape index (κ1) is 13.1. The van der Waals surface area contributed by atoms with E-state index >= 15 is 0 Å². The molecule has 5 heteroatoms. The Hall–Kier alpha value is -1.33. The Bertz CT molecular complexity index is 533. The normalized spacial score (nSPS) is 13.0. The highest BCUT2D eigenvalue weighted by atomic mass is 32.1. The number of hydrogen-bond acceptors (Lipinski definition) is 4. The monoisotopic (exact) mass is 266 g/mol. The van der Waals surface area contributed by atoms with Gasteiger partial charge in [0.25, 0.3) is 0 Å². The molecular formula is C13H15FN2OS. The zero-order valence-electron chi connectivity index (χ0n) is 10.5. The van der Waals surface area contributed by atoms with E-state index in [0.717, 1.165) is 22.8 Å². The molecule has 1 aromatic heterocycles. The van der Waals surface area contributed by atoms with Gasteiger partial charge in [0.1, 0.15) is 11.9 Å². The molecule has 0 aliphatic rings. The maximum absolute atomic E-state index is 13.4. The van der Waals surface area contributed by atoms with Gasteiger partial charge in [-0.25, -0.2) is 4.39 Å². The maximum Gasteiger partial charge on any atom is 0.123 e. The molecule has 3 nitrogen and oxygen atoms in total. The lowest BCUT2D eigenvalue weighted by Gasteiger charge is -2.12. The van der Waals surface area contributed by atoms with Crippen LogP contribution in [0.25, 0.3) is 0 Å². The molecule has 1 unspecified atom stereocenters. The highest BCUT2D eigenvalue weighted by Gasteiger charge is 2.21. The van der Waals surface area contributed by atoms with E-state index in [0.29, 0.717) is 10.4 Å². The minimum absolute atomic E-state index is 0.183. The molecule has 1 atom stereocenters. The summed E-state index contributed by atoms with van der Waals surface area (Å²) in [6, 6.07) is 4.56. The molecule has 1 aromatic carbocycles. The Morgan fingerprint density at radius 1 is 1.28 bits per heavy atom. The highest BCUT2D eigenvalue weighted by molar-refractivity contribution is 7.05. The van der Waals surface area contributed by atoms with Crippen molar-refractivity contribution < 1.29 is 9.50 Å². The predicted octanol–water partition coefficient (Wildman–Crippen LogP) is 3.19. The van der Waals surface area contributed by atoms with E-state index in [1.165, 1.54) is 12.1 Å². The molecule has 0 saturated heterocycles. The van der Waals surface area contributed by atoms with Crippen molar-refractivity contribution in [3.8, 4) is 0 Å². The summed E-state index contributed by atoms with van der Waals surface area (Å²) in [6.45, 7) is 5.78. The van der Waals surface area contributed by atoms with Crippen LogP contribution in [0.1, 0.15) is 47.6 Å². The van der Waals surface area contributed by atoms with Gasteiger partial charge in [-0.05, 0) is 47.6 Å². The second-order valence-corrected chi connectivity index (χ2v) is 5.43. The van der Waals surface area contributed by atoms with Gasteiger partial charge >= 0.3 is 0 Å². The van der Waals surface area contributed by atoms with Gasteiger partial charge in [0, 0.05) is 0 Å². The fourth-order valence-electron chi connectivity index (χ4n) is 1.87. The summed E-state index contributed by atoms with van der Waals surface area (Å²) in [6.07, 6.45) is -0.864. The van der Waals surface area contributed by atoms with Gasteiger partial charge in [0.05, 0.1) is 10.6 Å². The summed E-state index contributed by atoms with van der Waals surface area (Å²) in [5, 5.41) is 14.3. The van der Waals surface area contributed by atoms with Crippen LogP contribution in [0.4, 0.5) is 4.39 Å². The molecule has 2 rings (SSSR count). The van der Waals surface area contributed by atoms with Crippen LogP contribution in [0.5, 0.6) is 0 Å². The van der Waals surface area contributed by atoms with Crippen LogP contribution in [-0.4, -0.2) is 14.7 Å². The van der Waals surface area contributed by atoms with E-state index in [9.17, 15) is 9.50 Å². The second kappa shape index (κ2) is 5.12. The lowest BCUT2D eigenvalue weighted by atomic mass is 10.0. The van der Waals surface area contributed by atoms with Gasteiger partial charge in [-0.1, -0.05) is 24.4 Å². The average Bonchev–Trinajstić information content (AvgIpc) is 2.75. The third-order valence-corrected chi connectivity index (χ3v) is 3.51. The van der Waals surface area contributed by atoms with Crippen LogP contribution in [0, 0.1) is 12.7 Å². The number of aliphatic hydroxyl groups is 1. The van der Waals surface area contributed by atoms with E-state index in [1.54, 1.807) is 13.0 Å². The van der Waals surface area contributed by atoms with Crippen LogP contribution < -0.4 is 0 Å². The third-order valence-electron chi connectivity index (χ3n) is 2.72. The summed E-state index contributed by atoms with van der Waals surface area (Å²) >= 11 is 1.16. The van der Waals surface area contributed by atoms with E-state index in [2.05, 4.69) is 9.59 Å². The van der Waals surface area contributed by atoms with Crippen molar-refractivity contribution in [3.63, 3.8) is 0 Å². The molecular weight excluding hydrogens is 251 g/mol. The van der Waals surface area contributed by atoms with Gasteiger partial charge < -0.3 is 5.11 Å². The summed E-state index contributed by atoms with van der Waals surface area (Å²) in [5.74, 6) is -0.157. The minimum Gasteiger partial charge on any atom is -0.383 e. The average molecular weight is 266 g/mol. The number of nitrogens with zero attached hydrogens (tertiary/aromatic N) is 2. The van der Waals surface area contributed by atoms with E-state index in [4.69, 9.17) is 0 Å². The minimum atomic E-state index is -0.864. The lowest BCUT2D eigenvalue weighted by molar-refractivity contribution is 0.222. The Morgan fingerprint density at radius 3 is 2.61 bits per heavy atom. The van der Waals surface area contributed by atoms with Crippen molar-refractivity contribution in [2.45, 2.75) is 32.8 Å². The number of aromatic nitrogens is 2. The third kappa shape index (κ3) is 2.57. The van der Waals surface area contributed by atoms with E-state index in [1.807, 2.05) is 13.8 Å². The first-order valence-corrected chi connectivity index (χ1v) is 6.53. The van der Waals surface area contributed by atoms with Gasteiger partial charge in [-0.15, -0.1) is 5.10 Å². The largest absolute Gasteiger partial charge is 0.383 e. The summed E-state index contributed by atoms with van der Waals surface area (Å²) in [7, 11) is 0. The maximum atomic E-state index is 13.4. The van der Waals surface area contributed by atoms with Crippen molar-refractivity contribution >= 4 is 11.5 Å². The Morgan fingerprint density at radius 2 is 2.00 bits per heavy atom. The van der Waals surface area contributed by atoms with Crippen molar-refractivity contribution in [2.24, 2.45) is 0 Å². The molecule has 1 heterocycles. The van der Waals surface area contributed by atoms with Crippen molar-refractivity contribution in [1.82, 2.24) is 9.59 Å². The number of halogens is 1. The van der Waals surface area contributed by atoms with Crippen LogP contribution in [0.15, 0.2) is 18.2 Å². The van der Waals surface area contributed by atoms with Gasteiger partial charge in [-0.3, -0.25) is 0 Å². The SMILES string of the molecule is Cc1cc(F)cc(C(O)c2snnc2C(C)C)c1. The smallest absolute Gasteiger partial charge is 0.123 e. The number of hydrogen-bond donors (Lipinski definition) is 1. The Balaban J connectivity index is 2.41. The fourth-order valence-corrected chi connectivity index (χ4v) is 2.69. The molecule has 96 valence electrons. The van der Waals surface area contributed by atoms with E-state index in [-0.39, 0.29) is 11.7 Å².